The maximum Gasteiger partial charge on any atom is 0.305 e. The highest BCUT2D eigenvalue weighted by Crippen LogP contribution is 2.44. The van der Waals surface area contributed by atoms with Gasteiger partial charge in [0.15, 0.2) is 0 Å². The molecule has 6 heteroatoms. The van der Waals surface area contributed by atoms with Crippen LogP contribution in [0, 0.1) is 29.6 Å². The number of hydrogen-bond acceptors (Lipinski definition) is 5. The van der Waals surface area contributed by atoms with Gasteiger partial charge in [0.2, 0.25) is 0 Å². The molecule has 0 radical (unpaired) electrons. The Hall–Kier alpha value is -1.92. The van der Waals surface area contributed by atoms with Gasteiger partial charge in [0.25, 0.3) is 0 Å². The van der Waals surface area contributed by atoms with Crippen molar-refractivity contribution in [3.63, 3.8) is 0 Å². The van der Waals surface area contributed by atoms with Crippen LogP contribution < -0.4 is 5.11 Å². The molecule has 2 aliphatic carbocycles. The molecule has 0 aromatic heterocycles. The highest BCUT2D eigenvalue weighted by atomic mass is 16.4. The second-order valence-electron chi connectivity index (χ2n) is 9.42. The third-order valence-corrected chi connectivity index (χ3v) is 6.72. The van der Waals surface area contributed by atoms with Crippen molar-refractivity contribution in [2.75, 3.05) is 0 Å². The van der Waals surface area contributed by atoms with Gasteiger partial charge in [-0.1, -0.05) is 50.6 Å². The highest BCUT2D eigenvalue weighted by Gasteiger charge is 2.34. The first-order valence-corrected chi connectivity index (χ1v) is 11.5. The zero-order chi connectivity index (χ0) is 23.1. The van der Waals surface area contributed by atoms with Gasteiger partial charge in [-0.15, -0.1) is 0 Å². The average molecular weight is 434 g/mol. The quantitative estimate of drug-likeness (QED) is 0.456. The largest absolute Gasteiger partial charge is 0.550 e. The Morgan fingerprint density at radius 3 is 2.55 bits per heavy atom. The Labute approximate surface area is 185 Å². The second kappa shape index (κ2) is 11.6. The SMILES string of the molecule is CC[C@H](C=C1C[C@@H](C)C=C2C=C[C@H](C)[C@H](CCC(O)C[C@H](O)CC(=O)O)[C@H]2C1)C(=O)[O-]. The fourth-order valence-corrected chi connectivity index (χ4v) is 5.10. The minimum atomic E-state index is -1.07. The van der Waals surface area contributed by atoms with Crippen molar-refractivity contribution < 1.29 is 30.0 Å². The Balaban J connectivity index is 2.13. The van der Waals surface area contributed by atoms with Gasteiger partial charge < -0.3 is 25.2 Å². The topological polar surface area (TPSA) is 118 Å². The van der Waals surface area contributed by atoms with Crippen LogP contribution in [-0.4, -0.2) is 39.5 Å². The van der Waals surface area contributed by atoms with E-state index < -0.39 is 30.1 Å². The molecule has 0 saturated heterocycles. The molecule has 0 aliphatic heterocycles. The van der Waals surface area contributed by atoms with Crippen LogP contribution in [0.3, 0.4) is 0 Å². The summed E-state index contributed by atoms with van der Waals surface area (Å²) in [5.41, 5.74) is 2.44. The van der Waals surface area contributed by atoms with Crippen molar-refractivity contribution in [2.45, 2.75) is 77.9 Å². The third kappa shape index (κ3) is 7.62. The highest BCUT2D eigenvalue weighted by molar-refractivity contribution is 5.70. The number of fused-ring (bicyclic) bond motifs is 1. The van der Waals surface area contributed by atoms with E-state index in [1.54, 1.807) is 0 Å². The Kier molecular flexibility index (Phi) is 9.51. The number of aliphatic hydroxyl groups excluding tert-OH is 2. The Morgan fingerprint density at radius 2 is 1.94 bits per heavy atom. The first-order valence-electron chi connectivity index (χ1n) is 11.5. The maximum atomic E-state index is 11.4. The van der Waals surface area contributed by atoms with Crippen molar-refractivity contribution in [1.29, 1.82) is 0 Å². The molecule has 0 aromatic carbocycles. The van der Waals surface area contributed by atoms with Crippen LogP contribution in [0.15, 0.2) is 35.5 Å². The van der Waals surface area contributed by atoms with Crippen LogP contribution in [0.4, 0.5) is 0 Å². The molecule has 174 valence electrons. The van der Waals surface area contributed by atoms with Crippen molar-refractivity contribution in [3.8, 4) is 0 Å². The van der Waals surface area contributed by atoms with Gasteiger partial charge in [-0.2, -0.15) is 0 Å². The number of carbonyl (C=O) groups is 2. The summed E-state index contributed by atoms with van der Waals surface area (Å²) in [7, 11) is 0. The molecule has 1 unspecified atom stereocenters. The molecule has 2 aliphatic rings. The molecule has 0 heterocycles. The third-order valence-electron chi connectivity index (χ3n) is 6.72. The van der Waals surface area contributed by atoms with E-state index in [-0.39, 0.29) is 18.8 Å². The van der Waals surface area contributed by atoms with Gasteiger partial charge in [0, 0.05) is 11.9 Å². The summed E-state index contributed by atoms with van der Waals surface area (Å²) >= 11 is 0. The number of aliphatic hydroxyl groups is 2. The Morgan fingerprint density at radius 1 is 1.23 bits per heavy atom. The minimum Gasteiger partial charge on any atom is -0.550 e. The number of rotatable bonds is 10. The minimum absolute atomic E-state index is 0.0581. The summed E-state index contributed by atoms with van der Waals surface area (Å²) in [5, 5.41) is 40.4. The number of carboxylic acids is 2. The van der Waals surface area contributed by atoms with Crippen LogP contribution in [-0.2, 0) is 9.59 Å². The molecule has 0 bridgehead atoms. The summed E-state index contributed by atoms with van der Waals surface area (Å²) < 4.78 is 0. The standard InChI is InChI=1S/C25H38O6/c1-4-18(25(30)31)11-17-9-15(2)10-19-6-5-16(3)22(23(19)12-17)8-7-20(26)13-21(27)14-24(28)29/h5-6,10-11,15-16,18,20-23,26-27H,4,7-9,12-14H2,1-3H3,(H,28,29)(H,30,31)/p-1/t15-,16+,18-,20?,21+,22+,23+/m1/s1. The summed E-state index contributed by atoms with van der Waals surface area (Å²) in [5.74, 6) is -1.50. The molecule has 31 heavy (non-hydrogen) atoms. The Bertz CT molecular complexity index is 722. The van der Waals surface area contributed by atoms with E-state index >= 15 is 0 Å². The molecule has 6 nitrogen and oxygen atoms in total. The van der Waals surface area contributed by atoms with E-state index in [0.717, 1.165) is 24.8 Å². The van der Waals surface area contributed by atoms with Crippen LogP contribution in [0.2, 0.25) is 0 Å². The molecular weight excluding hydrogens is 396 g/mol. The number of hydrogen-bond donors (Lipinski definition) is 3. The molecule has 0 aromatic rings. The lowest BCUT2D eigenvalue weighted by molar-refractivity contribution is -0.309. The van der Waals surface area contributed by atoms with E-state index in [4.69, 9.17) is 5.11 Å². The summed E-state index contributed by atoms with van der Waals surface area (Å²) in [6, 6.07) is 0. The fourth-order valence-electron chi connectivity index (χ4n) is 5.10. The monoisotopic (exact) mass is 433 g/mol. The van der Waals surface area contributed by atoms with Crippen LogP contribution in [0.25, 0.3) is 0 Å². The van der Waals surface area contributed by atoms with Crippen LogP contribution in [0.1, 0.15) is 65.7 Å². The average Bonchev–Trinajstić information content (AvgIpc) is 2.82. The van der Waals surface area contributed by atoms with E-state index in [1.165, 1.54) is 5.57 Å². The van der Waals surface area contributed by atoms with Gasteiger partial charge in [-0.25, -0.2) is 0 Å². The normalized spacial score (nSPS) is 30.1. The van der Waals surface area contributed by atoms with Crippen molar-refractivity contribution in [1.82, 2.24) is 0 Å². The number of allylic oxidation sites excluding steroid dienone is 5. The first-order chi connectivity index (χ1) is 14.6. The molecule has 2 rings (SSSR count). The number of carbonyl (C=O) groups excluding carboxylic acids is 1. The van der Waals surface area contributed by atoms with Gasteiger partial charge in [0.05, 0.1) is 18.6 Å². The van der Waals surface area contributed by atoms with Gasteiger partial charge >= 0.3 is 5.97 Å². The van der Waals surface area contributed by atoms with E-state index in [9.17, 15) is 24.9 Å². The van der Waals surface area contributed by atoms with Crippen molar-refractivity contribution in [3.05, 3.63) is 35.5 Å². The van der Waals surface area contributed by atoms with Crippen molar-refractivity contribution in [2.24, 2.45) is 29.6 Å². The van der Waals surface area contributed by atoms with Crippen LogP contribution >= 0.6 is 0 Å². The summed E-state index contributed by atoms with van der Waals surface area (Å²) in [4.78, 5) is 22.2. The lowest BCUT2D eigenvalue weighted by atomic mass is 9.69. The van der Waals surface area contributed by atoms with E-state index in [1.807, 2.05) is 13.0 Å². The lowest BCUT2D eigenvalue weighted by Crippen LogP contribution is -2.30. The molecule has 0 saturated carbocycles. The zero-order valence-electron chi connectivity index (χ0n) is 18.9. The van der Waals surface area contributed by atoms with Gasteiger partial charge in [-0.3, -0.25) is 4.79 Å². The van der Waals surface area contributed by atoms with E-state index in [0.29, 0.717) is 30.6 Å². The maximum absolute atomic E-state index is 11.4. The smallest absolute Gasteiger partial charge is 0.305 e. The van der Waals surface area contributed by atoms with Crippen molar-refractivity contribution >= 4 is 11.9 Å². The van der Waals surface area contributed by atoms with E-state index in [2.05, 4.69) is 32.1 Å². The zero-order valence-corrected chi connectivity index (χ0v) is 18.9. The summed E-state index contributed by atoms with van der Waals surface area (Å²) in [6.45, 7) is 6.17. The number of carboxylic acid groups (broad SMARTS) is 2. The molecular formula is C25H37O6-. The molecule has 0 spiro atoms. The summed E-state index contributed by atoms with van der Waals surface area (Å²) in [6.07, 6.45) is 9.87. The molecule has 3 N–H and O–H groups in total. The molecule has 7 atom stereocenters. The predicted octanol–water partition coefficient (Wildman–Crippen LogP) is 2.85. The lowest BCUT2D eigenvalue weighted by Gasteiger charge is -2.36. The van der Waals surface area contributed by atoms with Crippen LogP contribution in [0.5, 0.6) is 0 Å². The first kappa shape index (κ1) is 25.3. The second-order valence-corrected chi connectivity index (χ2v) is 9.42. The van der Waals surface area contributed by atoms with Gasteiger partial charge in [-0.05, 0) is 67.8 Å². The number of aliphatic carboxylic acids is 2. The fraction of sp³-hybridized carbons (Fsp3) is 0.680. The van der Waals surface area contributed by atoms with Gasteiger partial charge in [0.1, 0.15) is 0 Å². The predicted molar refractivity (Wildman–Crippen MR) is 117 cm³/mol. The molecule has 0 amide bonds. The molecule has 0 fully saturated rings.